The Hall–Kier alpha value is -2.07. The van der Waals surface area contributed by atoms with Crippen LogP contribution in [0.4, 0.5) is 0 Å². The monoisotopic (exact) mass is 378 g/mol. The number of hydrogen-bond donors (Lipinski definition) is 1. The van der Waals surface area contributed by atoms with Gasteiger partial charge in [-0.1, -0.05) is 31.1 Å². The molecule has 1 aliphatic carbocycles. The maximum Gasteiger partial charge on any atom is 0.0960 e. The zero-order chi connectivity index (χ0) is 19.5. The molecule has 2 unspecified atom stereocenters. The fourth-order valence-electron chi connectivity index (χ4n) is 4.51. The lowest BCUT2D eigenvalue weighted by Gasteiger charge is -2.24. The van der Waals surface area contributed by atoms with Gasteiger partial charge in [-0.25, -0.2) is 4.98 Å². The summed E-state index contributed by atoms with van der Waals surface area (Å²) in [5, 5.41) is 3.66. The average Bonchev–Trinajstić information content (AvgIpc) is 3.29. The summed E-state index contributed by atoms with van der Waals surface area (Å²) in [7, 11) is 0. The van der Waals surface area contributed by atoms with Crippen LogP contribution in [0.25, 0.3) is 11.0 Å². The van der Waals surface area contributed by atoms with Crippen LogP contribution < -0.4 is 5.32 Å². The van der Waals surface area contributed by atoms with Gasteiger partial charge in [0.25, 0.3) is 0 Å². The maximum absolute atomic E-state index is 4.58. The van der Waals surface area contributed by atoms with E-state index >= 15 is 0 Å². The number of nitrogens with one attached hydrogen (secondary N) is 1. The van der Waals surface area contributed by atoms with E-state index in [2.05, 4.69) is 70.9 Å². The van der Waals surface area contributed by atoms with Crippen LogP contribution in [0.1, 0.15) is 64.0 Å². The van der Waals surface area contributed by atoms with E-state index < -0.39 is 0 Å². The van der Waals surface area contributed by atoms with Crippen molar-refractivity contribution in [3.8, 4) is 0 Å². The molecule has 1 fully saturated rings. The van der Waals surface area contributed by atoms with Crippen LogP contribution in [0.2, 0.25) is 0 Å². The third-order valence-electron chi connectivity index (χ3n) is 6.27. The van der Waals surface area contributed by atoms with E-state index in [0.29, 0.717) is 12.1 Å². The van der Waals surface area contributed by atoms with Gasteiger partial charge in [-0.2, -0.15) is 0 Å². The van der Waals surface area contributed by atoms with Crippen molar-refractivity contribution in [2.75, 3.05) is 13.2 Å². The number of unbranched alkanes of at least 4 members (excludes halogenated alkanes) is 1. The van der Waals surface area contributed by atoms with Gasteiger partial charge in [-0.15, -0.1) is 0 Å². The molecule has 4 rings (SSSR count). The molecule has 28 heavy (non-hydrogen) atoms. The van der Waals surface area contributed by atoms with E-state index in [4.69, 9.17) is 0 Å². The molecule has 2 heterocycles. The average molecular weight is 379 g/mol. The van der Waals surface area contributed by atoms with Crippen molar-refractivity contribution >= 4 is 11.0 Å². The normalized spacial score (nSPS) is 20.2. The van der Waals surface area contributed by atoms with E-state index in [1.165, 1.54) is 61.0 Å². The first-order valence-electron chi connectivity index (χ1n) is 11.0. The Morgan fingerprint density at radius 3 is 3.04 bits per heavy atom. The van der Waals surface area contributed by atoms with Gasteiger partial charge in [0.15, 0.2) is 0 Å². The summed E-state index contributed by atoms with van der Waals surface area (Å²) in [5.41, 5.74) is 6.71. The van der Waals surface area contributed by atoms with Crippen molar-refractivity contribution in [1.29, 1.82) is 0 Å². The maximum atomic E-state index is 4.58. The molecule has 1 saturated heterocycles. The highest BCUT2D eigenvalue weighted by molar-refractivity contribution is 5.76. The highest BCUT2D eigenvalue weighted by atomic mass is 15.3. The molecule has 0 bridgehead atoms. The minimum Gasteiger partial charge on any atom is -0.361 e. The van der Waals surface area contributed by atoms with Gasteiger partial charge in [0.1, 0.15) is 0 Å². The fraction of sp³-hybridized carbons (Fsp3) is 0.542. The van der Waals surface area contributed by atoms with E-state index in [0.717, 1.165) is 18.6 Å². The number of allylic oxidation sites excluding steroid dienone is 2. The SMILES string of the molecule is CCCCN1CNC2CC=C(CCCC(C)n3cnc4ccc(C)cc43)C=C21. The van der Waals surface area contributed by atoms with Crippen LogP contribution in [0, 0.1) is 6.92 Å². The first kappa shape index (κ1) is 19.3. The van der Waals surface area contributed by atoms with Crippen LogP contribution in [-0.4, -0.2) is 33.7 Å². The highest BCUT2D eigenvalue weighted by Crippen LogP contribution is 2.29. The van der Waals surface area contributed by atoms with Crippen molar-refractivity contribution in [3.05, 3.63) is 53.5 Å². The standard InChI is InChI=1S/C24H34N4/c1-4-5-13-27-16-25-21-12-10-20(15-23(21)27)8-6-7-19(3)28-17-26-22-11-9-18(2)14-24(22)28/h9-11,14-15,17,19,21,25H,4-8,12-13,16H2,1-3H3. The number of nitrogens with zero attached hydrogens (tertiary/aromatic N) is 3. The predicted molar refractivity (Wildman–Crippen MR) is 117 cm³/mol. The van der Waals surface area contributed by atoms with Gasteiger partial charge in [-0.05, 0) is 69.7 Å². The van der Waals surface area contributed by atoms with E-state index in [1.807, 2.05) is 6.33 Å². The summed E-state index contributed by atoms with van der Waals surface area (Å²) < 4.78 is 2.35. The van der Waals surface area contributed by atoms with Gasteiger partial charge >= 0.3 is 0 Å². The molecule has 1 aromatic heterocycles. The third-order valence-corrected chi connectivity index (χ3v) is 6.27. The number of aromatic nitrogens is 2. The summed E-state index contributed by atoms with van der Waals surface area (Å²) in [6.07, 6.45) is 14.2. The zero-order valence-corrected chi connectivity index (χ0v) is 17.6. The summed E-state index contributed by atoms with van der Waals surface area (Å²) in [6.45, 7) is 8.94. The molecule has 0 spiro atoms. The van der Waals surface area contributed by atoms with Gasteiger partial charge < -0.3 is 9.47 Å². The van der Waals surface area contributed by atoms with E-state index in [-0.39, 0.29) is 0 Å². The summed E-state index contributed by atoms with van der Waals surface area (Å²) in [6, 6.07) is 7.54. The molecule has 2 aromatic rings. The Morgan fingerprint density at radius 1 is 1.29 bits per heavy atom. The van der Waals surface area contributed by atoms with E-state index in [9.17, 15) is 0 Å². The van der Waals surface area contributed by atoms with Crippen molar-refractivity contribution < 1.29 is 0 Å². The van der Waals surface area contributed by atoms with Crippen molar-refractivity contribution in [3.63, 3.8) is 0 Å². The van der Waals surface area contributed by atoms with Gasteiger partial charge in [0.05, 0.1) is 30.1 Å². The summed E-state index contributed by atoms with van der Waals surface area (Å²) in [4.78, 5) is 7.12. The molecule has 0 amide bonds. The molecule has 1 N–H and O–H groups in total. The minimum atomic E-state index is 0.477. The van der Waals surface area contributed by atoms with Crippen molar-refractivity contribution in [1.82, 2.24) is 19.8 Å². The molecular formula is C24H34N4. The second-order valence-electron chi connectivity index (χ2n) is 8.50. The van der Waals surface area contributed by atoms with Crippen molar-refractivity contribution in [2.24, 2.45) is 0 Å². The number of rotatable bonds is 8. The summed E-state index contributed by atoms with van der Waals surface area (Å²) in [5.74, 6) is 0. The molecule has 0 radical (unpaired) electrons. The minimum absolute atomic E-state index is 0.477. The second kappa shape index (κ2) is 8.52. The second-order valence-corrected chi connectivity index (χ2v) is 8.50. The Balaban J connectivity index is 1.34. The molecule has 0 saturated carbocycles. The molecule has 1 aromatic carbocycles. The number of hydrogen-bond acceptors (Lipinski definition) is 3. The fourth-order valence-corrected chi connectivity index (χ4v) is 4.51. The Bertz CT molecular complexity index is 876. The molecule has 2 atom stereocenters. The predicted octanol–water partition coefficient (Wildman–Crippen LogP) is 5.32. The number of aryl methyl sites for hydroxylation is 1. The molecule has 1 aliphatic heterocycles. The molecule has 150 valence electrons. The van der Waals surface area contributed by atoms with Gasteiger partial charge in [0.2, 0.25) is 0 Å². The van der Waals surface area contributed by atoms with Crippen LogP contribution in [0.3, 0.4) is 0 Å². The Labute approximate surface area is 169 Å². The molecule has 4 heteroatoms. The van der Waals surface area contributed by atoms with E-state index in [1.54, 1.807) is 0 Å². The highest BCUT2D eigenvalue weighted by Gasteiger charge is 2.28. The smallest absolute Gasteiger partial charge is 0.0960 e. The number of fused-ring (bicyclic) bond motifs is 2. The van der Waals surface area contributed by atoms with Gasteiger partial charge in [-0.3, -0.25) is 5.32 Å². The van der Waals surface area contributed by atoms with Crippen LogP contribution in [-0.2, 0) is 0 Å². The molecule has 2 aliphatic rings. The third kappa shape index (κ3) is 4.02. The van der Waals surface area contributed by atoms with Crippen LogP contribution in [0.5, 0.6) is 0 Å². The lowest BCUT2D eigenvalue weighted by Crippen LogP contribution is -2.23. The first-order valence-corrected chi connectivity index (χ1v) is 11.0. The zero-order valence-electron chi connectivity index (χ0n) is 17.6. The molecular weight excluding hydrogens is 344 g/mol. The molecule has 4 nitrogen and oxygen atoms in total. The largest absolute Gasteiger partial charge is 0.361 e. The van der Waals surface area contributed by atoms with Crippen molar-refractivity contribution in [2.45, 2.75) is 71.4 Å². The quantitative estimate of drug-likeness (QED) is 0.675. The topological polar surface area (TPSA) is 33.1 Å². The number of imidazole rings is 1. The Morgan fingerprint density at radius 2 is 2.18 bits per heavy atom. The Kier molecular flexibility index (Phi) is 5.86. The first-order chi connectivity index (χ1) is 13.7. The lowest BCUT2D eigenvalue weighted by molar-refractivity contribution is 0.373. The van der Waals surface area contributed by atoms with Crippen LogP contribution >= 0.6 is 0 Å². The number of benzene rings is 1. The van der Waals surface area contributed by atoms with Gasteiger partial charge in [0, 0.05) is 18.3 Å². The van der Waals surface area contributed by atoms with Crippen LogP contribution in [0.15, 0.2) is 47.9 Å². The lowest BCUT2D eigenvalue weighted by atomic mass is 9.95. The summed E-state index contributed by atoms with van der Waals surface area (Å²) >= 11 is 0.